The highest BCUT2D eigenvalue weighted by molar-refractivity contribution is 6.29. The van der Waals surface area contributed by atoms with Crippen molar-refractivity contribution in [1.29, 1.82) is 0 Å². The van der Waals surface area contributed by atoms with Gasteiger partial charge in [-0.05, 0) is 24.3 Å². The summed E-state index contributed by atoms with van der Waals surface area (Å²) >= 11 is 5.69. The number of anilines is 2. The lowest BCUT2D eigenvalue weighted by Crippen LogP contribution is -1.91. The van der Waals surface area contributed by atoms with Crippen LogP contribution in [-0.4, -0.2) is 10.1 Å². The van der Waals surface area contributed by atoms with Gasteiger partial charge in [0.15, 0.2) is 11.6 Å². The van der Waals surface area contributed by atoms with Gasteiger partial charge in [0.2, 0.25) is 5.58 Å². The minimum atomic E-state index is -0.442. The number of benzene rings is 1. The zero-order valence-corrected chi connectivity index (χ0v) is 9.78. The topological polar surface area (TPSA) is 51.0 Å². The van der Waals surface area contributed by atoms with E-state index in [1.165, 1.54) is 6.07 Å². The molecule has 3 rings (SSSR count). The fourth-order valence-electron chi connectivity index (χ4n) is 1.61. The average molecular weight is 264 g/mol. The third-order valence-corrected chi connectivity index (χ3v) is 2.66. The number of nitrogens with zero attached hydrogens (tertiary/aromatic N) is 2. The van der Waals surface area contributed by atoms with E-state index >= 15 is 0 Å². The molecule has 1 aromatic carbocycles. The molecule has 0 unspecified atom stereocenters. The van der Waals surface area contributed by atoms with Crippen molar-refractivity contribution in [2.24, 2.45) is 0 Å². The Labute approximate surface area is 106 Å². The molecule has 0 aliphatic heterocycles. The van der Waals surface area contributed by atoms with Gasteiger partial charge >= 0.3 is 0 Å². The molecule has 0 saturated carbocycles. The first-order valence-corrected chi connectivity index (χ1v) is 5.54. The molecule has 0 fully saturated rings. The van der Waals surface area contributed by atoms with Gasteiger partial charge in [-0.1, -0.05) is 22.8 Å². The Morgan fingerprint density at radius 3 is 2.89 bits per heavy atom. The van der Waals surface area contributed by atoms with Gasteiger partial charge in [-0.15, -0.1) is 0 Å². The van der Waals surface area contributed by atoms with Crippen molar-refractivity contribution in [3.05, 3.63) is 47.5 Å². The Morgan fingerprint density at radius 2 is 2.11 bits per heavy atom. The first-order valence-electron chi connectivity index (χ1n) is 5.16. The Kier molecular flexibility index (Phi) is 2.60. The number of hydrogen-bond acceptors (Lipinski definition) is 4. The number of pyridine rings is 1. The Balaban J connectivity index is 2.00. The predicted octanol–water partition coefficient (Wildman–Crippen LogP) is 3.76. The number of halogens is 2. The molecule has 1 N–H and O–H groups in total. The number of rotatable bonds is 2. The largest absolute Gasteiger partial charge is 0.351 e. The van der Waals surface area contributed by atoms with Crippen molar-refractivity contribution >= 4 is 34.1 Å². The van der Waals surface area contributed by atoms with E-state index in [2.05, 4.69) is 15.5 Å². The minimum Gasteiger partial charge on any atom is -0.351 e. The molecule has 0 atom stereocenters. The molecule has 0 bridgehead atoms. The monoisotopic (exact) mass is 263 g/mol. The zero-order valence-electron chi connectivity index (χ0n) is 9.02. The van der Waals surface area contributed by atoms with E-state index in [9.17, 15) is 4.39 Å². The maximum atomic E-state index is 13.4. The number of hydrogen-bond donors (Lipinski definition) is 1. The van der Waals surface area contributed by atoms with Gasteiger partial charge in [-0.2, -0.15) is 0 Å². The van der Waals surface area contributed by atoms with E-state index in [-0.39, 0.29) is 5.58 Å². The van der Waals surface area contributed by atoms with Crippen LogP contribution in [0.4, 0.5) is 15.9 Å². The van der Waals surface area contributed by atoms with Crippen molar-refractivity contribution < 1.29 is 8.91 Å². The number of nitrogens with one attached hydrogen (secondary N) is 1. The molecule has 90 valence electrons. The maximum Gasteiger partial charge on any atom is 0.204 e. The Bertz CT molecular complexity index is 696. The number of para-hydroxylation sites is 1. The molecule has 18 heavy (non-hydrogen) atoms. The summed E-state index contributed by atoms with van der Waals surface area (Å²) in [4.78, 5) is 3.93. The maximum absolute atomic E-state index is 13.4. The first-order chi connectivity index (χ1) is 8.74. The third-order valence-electron chi connectivity index (χ3n) is 2.44. The lowest BCUT2D eigenvalue weighted by Gasteiger charge is -2.01. The van der Waals surface area contributed by atoms with Gasteiger partial charge in [0.1, 0.15) is 5.15 Å². The van der Waals surface area contributed by atoms with Crippen LogP contribution in [0.2, 0.25) is 5.15 Å². The quantitative estimate of drug-likeness (QED) is 0.715. The van der Waals surface area contributed by atoms with Gasteiger partial charge in [-0.3, -0.25) is 0 Å². The third kappa shape index (κ3) is 1.89. The zero-order chi connectivity index (χ0) is 12.5. The van der Waals surface area contributed by atoms with Crippen LogP contribution in [0, 0.1) is 5.82 Å². The molecule has 0 spiro atoms. The molecular weight excluding hydrogens is 257 g/mol. The second-order valence-electron chi connectivity index (χ2n) is 3.64. The van der Waals surface area contributed by atoms with E-state index in [1.54, 1.807) is 30.5 Å². The highest BCUT2D eigenvalue weighted by atomic mass is 35.5. The minimum absolute atomic E-state index is 0.127. The van der Waals surface area contributed by atoms with E-state index < -0.39 is 5.82 Å². The van der Waals surface area contributed by atoms with E-state index in [0.717, 1.165) is 0 Å². The smallest absolute Gasteiger partial charge is 0.204 e. The first kappa shape index (κ1) is 11.0. The Morgan fingerprint density at radius 1 is 1.22 bits per heavy atom. The molecule has 0 radical (unpaired) electrons. The van der Waals surface area contributed by atoms with Crippen LogP contribution in [0.5, 0.6) is 0 Å². The molecule has 0 aliphatic carbocycles. The lowest BCUT2D eigenvalue weighted by molar-refractivity contribution is 0.443. The van der Waals surface area contributed by atoms with E-state index in [1.807, 2.05) is 0 Å². The summed E-state index contributed by atoms with van der Waals surface area (Å²) in [6.45, 7) is 0. The van der Waals surface area contributed by atoms with Gasteiger partial charge in [0.05, 0.1) is 17.3 Å². The summed E-state index contributed by atoms with van der Waals surface area (Å²) in [6.07, 6.45) is 1.56. The number of fused-ring (bicyclic) bond motifs is 1. The van der Waals surface area contributed by atoms with E-state index in [0.29, 0.717) is 22.0 Å². The Hall–Kier alpha value is -2.14. The molecule has 0 amide bonds. The van der Waals surface area contributed by atoms with Crippen LogP contribution in [0.15, 0.2) is 41.1 Å². The molecule has 0 saturated heterocycles. The predicted molar refractivity (Wildman–Crippen MR) is 66.5 cm³/mol. The van der Waals surface area contributed by atoms with E-state index in [4.69, 9.17) is 16.1 Å². The normalized spacial score (nSPS) is 10.8. The van der Waals surface area contributed by atoms with Crippen molar-refractivity contribution in [1.82, 2.24) is 10.1 Å². The van der Waals surface area contributed by atoms with Gasteiger partial charge < -0.3 is 9.84 Å². The highest BCUT2D eigenvalue weighted by Gasteiger charge is 2.11. The molecule has 4 nitrogen and oxygen atoms in total. The fourth-order valence-corrected chi connectivity index (χ4v) is 1.72. The summed E-state index contributed by atoms with van der Waals surface area (Å²) in [5.74, 6) is -0.00379. The molecule has 2 heterocycles. The summed E-state index contributed by atoms with van der Waals surface area (Å²) in [7, 11) is 0. The standard InChI is InChI=1S/C12H7ClFN3O/c13-10-5-4-7(6-15-10)16-12-8-2-1-3-9(14)11(8)18-17-12/h1-6H,(H,16,17). The fraction of sp³-hybridized carbons (Fsp3) is 0. The second-order valence-corrected chi connectivity index (χ2v) is 4.03. The average Bonchev–Trinajstić information content (AvgIpc) is 2.77. The van der Waals surface area contributed by atoms with Crippen LogP contribution < -0.4 is 5.32 Å². The molecule has 0 aliphatic rings. The van der Waals surface area contributed by atoms with Gasteiger partial charge in [0, 0.05) is 0 Å². The van der Waals surface area contributed by atoms with Crippen molar-refractivity contribution in [3.63, 3.8) is 0 Å². The van der Waals surface area contributed by atoms with Crippen LogP contribution in [0.25, 0.3) is 11.0 Å². The summed E-state index contributed by atoms with van der Waals surface area (Å²) in [5, 5.41) is 7.75. The van der Waals surface area contributed by atoms with Crippen LogP contribution in [0.3, 0.4) is 0 Å². The second kappa shape index (κ2) is 4.27. The van der Waals surface area contributed by atoms with Crippen molar-refractivity contribution in [2.75, 3.05) is 5.32 Å². The highest BCUT2D eigenvalue weighted by Crippen LogP contribution is 2.27. The van der Waals surface area contributed by atoms with Gasteiger partial charge in [-0.25, -0.2) is 9.37 Å². The summed E-state index contributed by atoms with van der Waals surface area (Å²) in [5.41, 5.74) is 0.820. The molecular formula is C12H7ClFN3O. The number of aromatic nitrogens is 2. The van der Waals surface area contributed by atoms with Crippen LogP contribution in [-0.2, 0) is 0 Å². The summed E-state index contributed by atoms with van der Waals surface area (Å²) < 4.78 is 18.3. The van der Waals surface area contributed by atoms with Gasteiger partial charge in [0.25, 0.3) is 0 Å². The summed E-state index contributed by atoms with van der Waals surface area (Å²) in [6, 6.07) is 8.03. The van der Waals surface area contributed by atoms with Crippen molar-refractivity contribution in [3.8, 4) is 0 Å². The van der Waals surface area contributed by atoms with Crippen LogP contribution in [0.1, 0.15) is 0 Å². The molecule has 2 aromatic heterocycles. The molecule has 6 heteroatoms. The molecule has 3 aromatic rings. The lowest BCUT2D eigenvalue weighted by atomic mass is 10.2. The van der Waals surface area contributed by atoms with Crippen molar-refractivity contribution in [2.45, 2.75) is 0 Å². The SMILES string of the molecule is Fc1cccc2c(Nc3ccc(Cl)nc3)noc12. The van der Waals surface area contributed by atoms with Crippen LogP contribution >= 0.6 is 11.6 Å².